The Labute approximate surface area is 422 Å². The number of pyridine rings is 1. The minimum absolute atomic E-state index is 0. The monoisotopic (exact) mass is 1170 g/mol. The Bertz CT molecular complexity index is 3090. The van der Waals surface area contributed by atoms with Gasteiger partial charge in [0, 0.05) is 32.2 Å². The molecule has 0 aliphatic carbocycles. The quantitative estimate of drug-likeness (QED) is 0.117. The summed E-state index contributed by atoms with van der Waals surface area (Å²) in [5, 5.41) is 0. The molecular formula is C60H55N4OPtTe-3. The first kappa shape index (κ1) is 46.5. The number of aromatic nitrogens is 1. The zero-order valence-corrected chi connectivity index (χ0v) is 44.2. The molecule has 10 rings (SSSR count). The topological polar surface area (TPSA) is 31.8 Å². The van der Waals surface area contributed by atoms with Crippen molar-refractivity contribution in [1.82, 2.24) is 4.98 Å². The molecule has 0 N–H and O–H groups in total. The Balaban J connectivity index is 0.00000562. The molecular weight excluding hydrogens is 1120 g/mol. The van der Waals surface area contributed by atoms with Gasteiger partial charge in [0.1, 0.15) is 0 Å². The van der Waals surface area contributed by atoms with Gasteiger partial charge in [-0.15, -0.1) is 0 Å². The van der Waals surface area contributed by atoms with Crippen molar-refractivity contribution >= 4 is 68.1 Å². The Hall–Kier alpha value is -5.63. The molecule has 0 saturated carbocycles. The number of hydrogen-bond donors (Lipinski definition) is 0. The zero-order chi connectivity index (χ0) is 46.0. The largest absolute Gasteiger partial charge is 0.0579 e. The number of fused-ring (bicyclic) bond motifs is 3. The first-order chi connectivity index (χ1) is 31.6. The summed E-state index contributed by atoms with van der Waals surface area (Å²) in [7, 11) is 0. The maximum Gasteiger partial charge on any atom is 0 e. The molecule has 0 fully saturated rings. The summed E-state index contributed by atoms with van der Waals surface area (Å²) in [5.74, 6) is 2.12. The van der Waals surface area contributed by atoms with E-state index in [2.05, 4.69) is 247 Å². The maximum atomic E-state index is 6.76. The summed E-state index contributed by atoms with van der Waals surface area (Å²) in [6.07, 6.45) is 1.93. The number of nitrogens with zero attached hydrogens (tertiary/aromatic N) is 4. The molecule has 0 bridgehead atoms. The van der Waals surface area contributed by atoms with Crippen molar-refractivity contribution in [2.75, 3.05) is 14.7 Å². The molecule has 0 spiro atoms. The standard InChI is InChI=1S/C60H55N4OTe.Pt/c1-58(2,3)42-27-25-41(26-28-42)49-22-16-21-48(40-17-11-10-12-18-40)57(49)63-39-62(52-35-43(59(4,5)6)29-31-50(52)63)45-19-15-20-46(37-45)65-47-30-32-55-53(38-47)64(51-23-13-14-24-54(51)66-55)56-36-44(33-34-61-56)60(7,8)9;/h10-36,39H,1-9H3;/q-3;. The van der Waals surface area contributed by atoms with Crippen LogP contribution in [-0.2, 0) is 37.3 Å². The van der Waals surface area contributed by atoms with Gasteiger partial charge in [0.05, 0.1) is 0 Å². The molecule has 7 heteroatoms. The van der Waals surface area contributed by atoms with Crippen molar-refractivity contribution < 1.29 is 25.8 Å². The zero-order valence-electron chi connectivity index (χ0n) is 39.6. The fourth-order valence-electron chi connectivity index (χ4n) is 8.76. The van der Waals surface area contributed by atoms with Gasteiger partial charge in [-0.2, -0.15) is 0 Å². The van der Waals surface area contributed by atoms with Crippen molar-refractivity contribution in [3.63, 3.8) is 0 Å². The van der Waals surface area contributed by atoms with E-state index >= 15 is 0 Å². The third kappa shape index (κ3) is 9.22. The second kappa shape index (κ2) is 18.1. The third-order valence-electron chi connectivity index (χ3n) is 12.5. The molecule has 67 heavy (non-hydrogen) atoms. The van der Waals surface area contributed by atoms with E-state index in [-0.39, 0.29) is 37.3 Å². The SMILES string of the molecule is CC(C)(C)c1ccc(-c2cccc(-c3ccccc3)c2N2[CH-]N(c3[c-]c(Oc4[c-]c5c(cc4)[Te]c4ccccc4N5c4cc(C(C)(C)C)ccn4)ccc3)c3cc(C(C)(C)C)ccc32)cc1.[Pt]. The summed E-state index contributed by atoms with van der Waals surface area (Å²) in [4.78, 5) is 11.8. The molecule has 340 valence electrons. The smallest absolute Gasteiger partial charge is 0 e. The van der Waals surface area contributed by atoms with Crippen molar-refractivity contribution in [3.05, 3.63) is 199 Å². The first-order valence-electron chi connectivity index (χ1n) is 22.8. The van der Waals surface area contributed by atoms with Crippen molar-refractivity contribution in [3.8, 4) is 33.8 Å². The van der Waals surface area contributed by atoms with Gasteiger partial charge in [-0.25, -0.2) is 0 Å². The van der Waals surface area contributed by atoms with E-state index in [9.17, 15) is 0 Å². The molecule has 3 heterocycles. The van der Waals surface area contributed by atoms with Crippen LogP contribution in [0, 0.1) is 18.8 Å². The van der Waals surface area contributed by atoms with Crippen LogP contribution in [0.2, 0.25) is 0 Å². The van der Waals surface area contributed by atoms with E-state index in [0.29, 0.717) is 11.5 Å². The molecule has 5 nitrogen and oxygen atoms in total. The van der Waals surface area contributed by atoms with Gasteiger partial charge in [-0.05, 0) is 27.5 Å². The molecule has 0 unspecified atom stereocenters. The fraction of sp³-hybridized carbons (Fsp3) is 0.200. The van der Waals surface area contributed by atoms with Crippen molar-refractivity contribution in [2.24, 2.45) is 0 Å². The fourth-order valence-corrected chi connectivity index (χ4v) is 11.7. The van der Waals surface area contributed by atoms with Crippen LogP contribution in [0.3, 0.4) is 0 Å². The molecule has 7 aromatic carbocycles. The van der Waals surface area contributed by atoms with Crippen LogP contribution in [0.25, 0.3) is 22.3 Å². The van der Waals surface area contributed by atoms with E-state index in [1.165, 1.54) is 29.5 Å². The molecule has 2 aliphatic heterocycles. The minimum Gasteiger partial charge on any atom is -0.0579 e. The normalized spacial score (nSPS) is 13.4. The van der Waals surface area contributed by atoms with Gasteiger partial charge in [0.2, 0.25) is 0 Å². The number of para-hydroxylation sites is 2. The summed E-state index contributed by atoms with van der Waals surface area (Å²) < 4.78 is 9.44. The van der Waals surface area contributed by atoms with Gasteiger partial charge in [0.25, 0.3) is 0 Å². The number of rotatable bonds is 7. The Kier molecular flexibility index (Phi) is 12.6. The van der Waals surface area contributed by atoms with Gasteiger partial charge in [-0.1, -0.05) is 120 Å². The predicted octanol–water partition coefficient (Wildman–Crippen LogP) is 14.5. The van der Waals surface area contributed by atoms with E-state index in [0.717, 1.165) is 56.6 Å². The second-order valence-corrected chi connectivity index (χ2v) is 23.4. The molecule has 0 amide bonds. The summed E-state index contributed by atoms with van der Waals surface area (Å²) >= 11 is -0.668. The van der Waals surface area contributed by atoms with Crippen LogP contribution in [0.5, 0.6) is 11.5 Å². The number of benzene rings is 7. The van der Waals surface area contributed by atoms with Crippen molar-refractivity contribution in [1.29, 1.82) is 0 Å². The number of hydrogen-bond acceptors (Lipinski definition) is 5. The van der Waals surface area contributed by atoms with Gasteiger partial charge < -0.3 is 0 Å². The van der Waals surface area contributed by atoms with Gasteiger partial charge >= 0.3 is 245 Å². The Morgan fingerprint density at radius 1 is 0.507 bits per heavy atom. The van der Waals surface area contributed by atoms with E-state index in [4.69, 9.17) is 9.72 Å². The molecule has 2 aliphatic rings. The van der Waals surface area contributed by atoms with Gasteiger partial charge in [-0.3, -0.25) is 0 Å². The minimum atomic E-state index is -0.668. The van der Waals surface area contributed by atoms with E-state index in [1.54, 1.807) is 0 Å². The molecule has 0 saturated heterocycles. The average molecular weight is 1170 g/mol. The summed E-state index contributed by atoms with van der Waals surface area (Å²) in [6.45, 7) is 22.6. The second-order valence-electron chi connectivity index (χ2n) is 20.3. The van der Waals surface area contributed by atoms with Gasteiger partial charge in [0.15, 0.2) is 0 Å². The number of anilines is 7. The predicted molar refractivity (Wildman–Crippen MR) is 277 cm³/mol. The summed E-state index contributed by atoms with van der Waals surface area (Å²) in [5.41, 5.74) is 14.7. The Morgan fingerprint density at radius 3 is 1.85 bits per heavy atom. The van der Waals surface area contributed by atoms with Crippen molar-refractivity contribution in [2.45, 2.75) is 78.6 Å². The molecule has 0 atom stereocenters. The van der Waals surface area contributed by atoms with E-state index in [1.807, 2.05) is 12.3 Å². The molecule has 8 aromatic rings. The number of ether oxygens (including phenoxy) is 1. The molecule has 0 radical (unpaired) electrons. The van der Waals surface area contributed by atoms with E-state index < -0.39 is 20.9 Å². The first-order valence-corrected chi connectivity index (χ1v) is 25.1. The van der Waals surface area contributed by atoms with Crippen LogP contribution >= 0.6 is 0 Å². The molecule has 1 aromatic heterocycles. The maximum absolute atomic E-state index is 6.76. The van der Waals surface area contributed by atoms with Crippen LogP contribution < -0.4 is 26.7 Å². The third-order valence-corrected chi connectivity index (χ3v) is 15.7. The summed E-state index contributed by atoms with van der Waals surface area (Å²) in [6, 6.07) is 64.3. The van der Waals surface area contributed by atoms with Crippen LogP contribution in [-0.4, -0.2) is 25.9 Å². The van der Waals surface area contributed by atoms with Crippen LogP contribution in [0.1, 0.15) is 79.0 Å². The average Bonchev–Trinajstić information content (AvgIpc) is 3.69. The van der Waals surface area contributed by atoms with Crippen LogP contribution in [0.15, 0.2) is 164 Å². The van der Waals surface area contributed by atoms with Crippen LogP contribution in [0.4, 0.5) is 39.9 Å². The Morgan fingerprint density at radius 2 is 1.13 bits per heavy atom.